The molecule has 0 unspecified atom stereocenters. The van der Waals surface area contributed by atoms with Gasteiger partial charge in [-0.3, -0.25) is 19.1 Å². The van der Waals surface area contributed by atoms with E-state index in [0.29, 0.717) is 34.9 Å². The molecule has 3 heterocycles. The maximum atomic E-state index is 12.4. The van der Waals surface area contributed by atoms with Crippen LogP contribution in [0.25, 0.3) is 10.2 Å². The Bertz CT molecular complexity index is 1270. The van der Waals surface area contributed by atoms with Gasteiger partial charge in [0.05, 0.1) is 18.8 Å². The van der Waals surface area contributed by atoms with E-state index in [4.69, 9.17) is 9.47 Å². The molecule has 0 aliphatic rings. The molecule has 1 amide bonds. The molecule has 4 aromatic rings. The van der Waals surface area contributed by atoms with Crippen LogP contribution in [-0.2, 0) is 24.5 Å². The fourth-order valence-electron chi connectivity index (χ4n) is 3.14. The zero-order chi connectivity index (χ0) is 22.3. The van der Waals surface area contributed by atoms with E-state index < -0.39 is 0 Å². The molecule has 0 aliphatic carbocycles. The van der Waals surface area contributed by atoms with Gasteiger partial charge in [0, 0.05) is 31.9 Å². The predicted octanol–water partition coefficient (Wildman–Crippen LogP) is 3.15. The van der Waals surface area contributed by atoms with Crippen molar-refractivity contribution in [1.82, 2.24) is 19.9 Å². The van der Waals surface area contributed by atoms with Crippen LogP contribution in [0.1, 0.15) is 17.5 Å². The Morgan fingerprint density at radius 3 is 2.78 bits per heavy atom. The zero-order valence-electron chi connectivity index (χ0n) is 17.5. The molecule has 0 fully saturated rings. The molecule has 164 valence electrons. The number of rotatable bonds is 9. The second kappa shape index (κ2) is 10.1. The Labute approximate surface area is 188 Å². The number of carbonyl (C=O) groups excluding carboxylic acids is 1. The number of nitrogens with one attached hydrogen (secondary N) is 1. The maximum Gasteiger partial charge on any atom is 0.262 e. The number of aryl methyl sites for hydroxylation is 1. The summed E-state index contributed by atoms with van der Waals surface area (Å²) in [7, 11) is 1.58. The first-order valence-corrected chi connectivity index (χ1v) is 10.9. The first-order chi connectivity index (χ1) is 15.6. The van der Waals surface area contributed by atoms with Gasteiger partial charge in [-0.2, -0.15) is 0 Å². The highest BCUT2D eigenvalue weighted by Gasteiger charge is 2.10. The van der Waals surface area contributed by atoms with Crippen molar-refractivity contribution in [2.24, 2.45) is 0 Å². The average molecular weight is 451 g/mol. The number of thiophene rings is 1. The van der Waals surface area contributed by atoms with Gasteiger partial charge in [-0.1, -0.05) is 6.07 Å². The van der Waals surface area contributed by atoms with Gasteiger partial charge in [-0.15, -0.1) is 11.3 Å². The predicted molar refractivity (Wildman–Crippen MR) is 122 cm³/mol. The third-order valence-electron chi connectivity index (χ3n) is 4.89. The second-order valence-corrected chi connectivity index (χ2v) is 7.93. The molecule has 4 rings (SSSR count). The molecule has 0 radical (unpaired) electrons. The molecule has 0 saturated heterocycles. The summed E-state index contributed by atoms with van der Waals surface area (Å²) >= 11 is 1.42. The van der Waals surface area contributed by atoms with Gasteiger partial charge in [-0.25, -0.2) is 4.98 Å². The quantitative estimate of drug-likeness (QED) is 0.421. The number of methoxy groups -OCH3 is 1. The lowest BCUT2D eigenvalue weighted by Crippen LogP contribution is -2.27. The normalized spacial score (nSPS) is 10.8. The molecular formula is C23H22N4O4S. The van der Waals surface area contributed by atoms with Crippen LogP contribution < -0.4 is 20.3 Å². The van der Waals surface area contributed by atoms with E-state index in [-0.39, 0.29) is 24.4 Å². The number of nitrogens with zero attached hydrogens (tertiary/aromatic N) is 3. The SMILES string of the molecule is COc1cc(CNC(=O)CCn2cnc3sccc3c2=O)ccc1OCc1ccncc1. The minimum absolute atomic E-state index is 0.129. The molecule has 3 aromatic heterocycles. The second-order valence-electron chi connectivity index (χ2n) is 7.04. The van der Waals surface area contributed by atoms with Crippen molar-refractivity contribution >= 4 is 27.5 Å². The van der Waals surface area contributed by atoms with Crippen LogP contribution in [0.4, 0.5) is 0 Å². The Morgan fingerprint density at radius 2 is 1.97 bits per heavy atom. The van der Waals surface area contributed by atoms with E-state index >= 15 is 0 Å². The lowest BCUT2D eigenvalue weighted by molar-refractivity contribution is -0.121. The van der Waals surface area contributed by atoms with Crippen molar-refractivity contribution in [1.29, 1.82) is 0 Å². The monoisotopic (exact) mass is 450 g/mol. The average Bonchev–Trinajstić information content (AvgIpc) is 3.31. The molecule has 1 aromatic carbocycles. The number of benzene rings is 1. The van der Waals surface area contributed by atoms with E-state index in [1.54, 1.807) is 25.6 Å². The van der Waals surface area contributed by atoms with Crippen LogP contribution in [0.3, 0.4) is 0 Å². The van der Waals surface area contributed by atoms with Crippen molar-refractivity contribution in [3.8, 4) is 11.5 Å². The van der Waals surface area contributed by atoms with E-state index in [9.17, 15) is 9.59 Å². The van der Waals surface area contributed by atoms with Gasteiger partial charge < -0.3 is 14.8 Å². The molecule has 0 bridgehead atoms. The number of aromatic nitrogens is 3. The largest absolute Gasteiger partial charge is 0.493 e. The van der Waals surface area contributed by atoms with Gasteiger partial charge in [0.15, 0.2) is 11.5 Å². The van der Waals surface area contributed by atoms with E-state index in [1.165, 1.54) is 22.2 Å². The fraction of sp³-hybridized carbons (Fsp3) is 0.217. The molecular weight excluding hydrogens is 428 g/mol. The molecule has 9 heteroatoms. The summed E-state index contributed by atoms with van der Waals surface area (Å²) < 4.78 is 12.7. The van der Waals surface area contributed by atoms with Crippen LogP contribution in [0, 0.1) is 0 Å². The van der Waals surface area contributed by atoms with Crippen molar-refractivity contribution in [3.63, 3.8) is 0 Å². The number of amides is 1. The van der Waals surface area contributed by atoms with Crippen molar-refractivity contribution in [2.45, 2.75) is 26.1 Å². The van der Waals surface area contributed by atoms with Crippen LogP contribution in [0.2, 0.25) is 0 Å². The van der Waals surface area contributed by atoms with Crippen LogP contribution in [-0.4, -0.2) is 27.6 Å². The summed E-state index contributed by atoms with van der Waals surface area (Å²) in [6, 6.07) is 11.1. The summed E-state index contributed by atoms with van der Waals surface area (Å²) in [5.74, 6) is 1.06. The Hall–Kier alpha value is -3.72. The number of ether oxygens (including phenoxy) is 2. The minimum Gasteiger partial charge on any atom is -0.493 e. The topological polar surface area (TPSA) is 95.3 Å². The molecule has 0 atom stereocenters. The van der Waals surface area contributed by atoms with Crippen molar-refractivity contribution in [3.05, 3.63) is 82.0 Å². The maximum absolute atomic E-state index is 12.4. The van der Waals surface area contributed by atoms with Crippen molar-refractivity contribution < 1.29 is 14.3 Å². The molecule has 0 saturated carbocycles. The van der Waals surface area contributed by atoms with Gasteiger partial charge in [0.25, 0.3) is 5.56 Å². The van der Waals surface area contributed by atoms with Gasteiger partial charge >= 0.3 is 0 Å². The van der Waals surface area contributed by atoms with E-state index in [1.807, 2.05) is 35.7 Å². The molecule has 8 nitrogen and oxygen atoms in total. The first-order valence-electron chi connectivity index (χ1n) is 10.0. The smallest absolute Gasteiger partial charge is 0.262 e. The first kappa shape index (κ1) is 21.5. The molecule has 1 N–H and O–H groups in total. The number of pyridine rings is 1. The number of hydrogen-bond donors (Lipinski definition) is 1. The van der Waals surface area contributed by atoms with Crippen LogP contribution >= 0.6 is 11.3 Å². The Kier molecular flexibility index (Phi) is 6.76. The summed E-state index contributed by atoms with van der Waals surface area (Å²) in [5, 5.41) is 5.29. The third-order valence-corrected chi connectivity index (χ3v) is 5.71. The molecule has 32 heavy (non-hydrogen) atoms. The fourth-order valence-corrected chi connectivity index (χ4v) is 3.87. The zero-order valence-corrected chi connectivity index (χ0v) is 18.3. The van der Waals surface area contributed by atoms with Crippen LogP contribution in [0.15, 0.2) is 65.3 Å². The lowest BCUT2D eigenvalue weighted by atomic mass is 10.2. The minimum atomic E-state index is -0.153. The van der Waals surface area contributed by atoms with Crippen molar-refractivity contribution in [2.75, 3.05) is 7.11 Å². The summed E-state index contributed by atoms with van der Waals surface area (Å²) in [5.41, 5.74) is 1.76. The highest BCUT2D eigenvalue weighted by molar-refractivity contribution is 7.16. The highest BCUT2D eigenvalue weighted by Crippen LogP contribution is 2.28. The number of fused-ring (bicyclic) bond motifs is 1. The van der Waals surface area contributed by atoms with Gasteiger partial charge in [-0.05, 0) is 46.8 Å². The lowest BCUT2D eigenvalue weighted by Gasteiger charge is -2.13. The van der Waals surface area contributed by atoms with Crippen LogP contribution in [0.5, 0.6) is 11.5 Å². The Balaban J connectivity index is 1.31. The highest BCUT2D eigenvalue weighted by atomic mass is 32.1. The summed E-state index contributed by atoms with van der Waals surface area (Å²) in [6.07, 6.45) is 5.11. The Morgan fingerprint density at radius 1 is 1.12 bits per heavy atom. The summed E-state index contributed by atoms with van der Waals surface area (Å²) in [6.45, 7) is 1.02. The standard InChI is InChI=1S/C23H22N4O4S/c1-30-20-12-17(2-3-19(20)31-14-16-4-8-24-9-5-16)13-25-21(28)6-10-27-15-26-22-18(23(27)29)7-11-32-22/h2-5,7-9,11-12,15H,6,10,13-14H2,1H3,(H,25,28). The molecule has 0 spiro atoms. The van der Waals surface area contributed by atoms with E-state index in [0.717, 1.165) is 11.1 Å². The van der Waals surface area contributed by atoms with Gasteiger partial charge in [0.2, 0.25) is 5.91 Å². The van der Waals surface area contributed by atoms with E-state index in [2.05, 4.69) is 15.3 Å². The molecule has 0 aliphatic heterocycles. The number of carbonyl (C=O) groups is 1. The van der Waals surface area contributed by atoms with Gasteiger partial charge in [0.1, 0.15) is 11.4 Å². The number of hydrogen-bond acceptors (Lipinski definition) is 7. The third kappa shape index (κ3) is 5.12. The summed E-state index contributed by atoms with van der Waals surface area (Å²) in [4.78, 5) is 33.6.